The summed E-state index contributed by atoms with van der Waals surface area (Å²) in [6.45, 7) is 5.50. The molecule has 0 aliphatic carbocycles. The summed E-state index contributed by atoms with van der Waals surface area (Å²) in [7, 11) is 2.34. The molecule has 1 aliphatic heterocycles. The quantitative estimate of drug-likeness (QED) is 0.558. The molecule has 0 amide bonds. The number of thiocarbonyl (C=S) groups is 1. The fourth-order valence-electron chi connectivity index (χ4n) is 0.912. The molecule has 0 aromatic carbocycles. The molecule has 1 nitrogen and oxygen atoms in total. The fraction of sp³-hybridized carbons (Fsp3) is 0.714. The third-order valence-electron chi connectivity index (χ3n) is 1.55. The van der Waals surface area contributed by atoms with Crippen LogP contribution in [0.2, 0.25) is 0 Å². The van der Waals surface area contributed by atoms with E-state index >= 15 is 0 Å². The van der Waals surface area contributed by atoms with Crippen molar-refractivity contribution in [2.45, 2.75) is 19.1 Å². The molecular weight excluding hydrogens is 162 g/mol. The van der Waals surface area contributed by atoms with Crippen molar-refractivity contribution in [2.24, 2.45) is 0 Å². The van der Waals surface area contributed by atoms with Crippen molar-refractivity contribution >= 4 is 32.4 Å². The van der Waals surface area contributed by atoms with Gasteiger partial charge in [0.2, 0.25) is 0 Å². The van der Waals surface area contributed by atoms with Gasteiger partial charge in [-0.2, -0.15) is 0 Å². The molecule has 0 saturated carbocycles. The number of hydrogen-bond donors (Lipinski definition) is 0. The van der Waals surface area contributed by atoms with E-state index < -0.39 is 0 Å². The molecular formula is C7H13NS2. The predicted octanol–water partition coefficient (Wildman–Crippen LogP) is 1.70. The highest BCUT2D eigenvalue weighted by atomic mass is 32.2. The molecule has 0 aromatic heterocycles. The number of nitrogens with zero attached hydrogens (tertiary/aromatic N) is 1. The van der Waals surface area contributed by atoms with Crippen molar-refractivity contribution in [3.63, 3.8) is 0 Å². The Hall–Kier alpha value is 0.110. The highest BCUT2D eigenvalue weighted by molar-refractivity contribution is 8.34. The van der Waals surface area contributed by atoms with Gasteiger partial charge in [0, 0.05) is 18.8 Å². The molecule has 3 heteroatoms. The maximum Gasteiger partial charge on any atom is 0.130 e. The first-order chi connectivity index (χ1) is 4.63. The van der Waals surface area contributed by atoms with Gasteiger partial charge in [0.25, 0.3) is 0 Å². The minimum atomic E-state index is 0.279. The highest BCUT2D eigenvalue weighted by Gasteiger charge is 2.16. The van der Waals surface area contributed by atoms with Crippen LogP contribution in [0.4, 0.5) is 0 Å². The molecule has 1 heterocycles. The van der Waals surface area contributed by atoms with Gasteiger partial charge in [-0.25, -0.2) is 0 Å². The molecule has 0 saturated heterocycles. The molecule has 1 rings (SSSR count). The maximum absolute atomic E-state index is 5.25. The van der Waals surface area contributed by atoms with Crippen LogP contribution in [0.3, 0.4) is 0 Å². The summed E-state index contributed by atoms with van der Waals surface area (Å²) in [5.74, 6) is 0. The van der Waals surface area contributed by atoms with Crippen molar-refractivity contribution in [1.82, 2.24) is 4.90 Å². The lowest BCUT2D eigenvalue weighted by Crippen LogP contribution is -2.19. The first-order valence-electron chi connectivity index (χ1n) is 3.43. The largest absolute Gasteiger partial charge is 0.357 e. The van der Waals surface area contributed by atoms with E-state index in [-0.39, 0.29) is 10.5 Å². The average molecular weight is 175 g/mol. The normalized spacial score (nSPS) is 25.8. The highest BCUT2D eigenvalue weighted by Crippen LogP contribution is 2.27. The van der Waals surface area contributed by atoms with Gasteiger partial charge in [-0.15, -0.1) is 10.5 Å². The topological polar surface area (TPSA) is 3.24 Å². The summed E-state index contributed by atoms with van der Waals surface area (Å²) in [6.07, 6.45) is 0. The predicted molar refractivity (Wildman–Crippen MR) is 54.0 cm³/mol. The second-order valence-electron chi connectivity index (χ2n) is 2.73. The summed E-state index contributed by atoms with van der Waals surface area (Å²) < 4.78 is 1.13. The van der Waals surface area contributed by atoms with Gasteiger partial charge in [0.05, 0.1) is 0 Å². The van der Waals surface area contributed by atoms with Crippen LogP contribution in [0.15, 0.2) is 0 Å². The zero-order valence-corrected chi connectivity index (χ0v) is 8.26. The second kappa shape index (κ2) is 3.01. The first-order valence-corrected chi connectivity index (χ1v) is 5.19. The van der Waals surface area contributed by atoms with Crippen LogP contribution >= 0.6 is 22.7 Å². The first kappa shape index (κ1) is 8.21. The Morgan fingerprint density at radius 2 is 2.30 bits per heavy atom. The van der Waals surface area contributed by atoms with Gasteiger partial charge in [-0.1, -0.05) is 26.1 Å². The minimum Gasteiger partial charge on any atom is -0.357 e. The molecule has 0 bridgehead atoms. The minimum absolute atomic E-state index is 0.279. The molecule has 0 fully saturated rings. The van der Waals surface area contributed by atoms with Crippen LogP contribution in [0, 0.1) is 0 Å². The fourth-order valence-corrected chi connectivity index (χ4v) is 3.52. The van der Waals surface area contributed by atoms with Gasteiger partial charge >= 0.3 is 0 Å². The van der Waals surface area contributed by atoms with Crippen molar-refractivity contribution in [2.75, 3.05) is 13.6 Å². The van der Waals surface area contributed by atoms with E-state index in [0.29, 0.717) is 5.25 Å². The van der Waals surface area contributed by atoms with Gasteiger partial charge in [0.1, 0.15) is 4.32 Å². The lowest BCUT2D eigenvalue weighted by Gasteiger charge is -2.14. The summed E-state index contributed by atoms with van der Waals surface area (Å²) >= 11 is 5.25. The Balaban J connectivity index is 2.72. The maximum atomic E-state index is 5.25. The van der Waals surface area contributed by atoms with E-state index in [1.165, 1.54) is 0 Å². The smallest absolute Gasteiger partial charge is 0.130 e. The van der Waals surface area contributed by atoms with E-state index in [1.807, 2.05) is 0 Å². The van der Waals surface area contributed by atoms with Crippen LogP contribution < -0.4 is 0 Å². The van der Waals surface area contributed by atoms with Gasteiger partial charge in [-0.3, -0.25) is 0 Å². The van der Waals surface area contributed by atoms with Gasteiger partial charge in [0.15, 0.2) is 0 Å². The van der Waals surface area contributed by atoms with Crippen molar-refractivity contribution in [1.29, 1.82) is 0 Å². The second-order valence-corrected chi connectivity index (χ2v) is 5.79. The zero-order chi connectivity index (χ0) is 7.72. The molecule has 1 unspecified atom stereocenters. The Bertz CT molecular complexity index is 184. The van der Waals surface area contributed by atoms with Crippen molar-refractivity contribution in [3.8, 4) is 0 Å². The molecule has 0 N–H and O–H groups in total. The molecule has 0 spiro atoms. The summed E-state index contributed by atoms with van der Waals surface area (Å²) in [5, 5.41) is 3.02. The van der Waals surface area contributed by atoms with E-state index in [4.69, 9.17) is 12.2 Å². The van der Waals surface area contributed by atoms with Crippen LogP contribution in [0.25, 0.3) is 0 Å². The van der Waals surface area contributed by atoms with Crippen molar-refractivity contribution < 1.29 is 0 Å². The van der Waals surface area contributed by atoms with Gasteiger partial charge < -0.3 is 4.90 Å². The number of hydrogen-bond acceptors (Lipinski definition) is 1. The lowest BCUT2D eigenvalue weighted by atomic mass is 10.6. The Morgan fingerprint density at radius 3 is 2.50 bits per heavy atom. The summed E-state index contributed by atoms with van der Waals surface area (Å²) in [6, 6.07) is 0. The molecule has 1 aliphatic rings. The van der Waals surface area contributed by atoms with E-state index in [2.05, 4.69) is 31.2 Å². The Morgan fingerprint density at radius 1 is 1.70 bits per heavy atom. The Labute approximate surface area is 70.3 Å². The lowest BCUT2D eigenvalue weighted by molar-refractivity contribution is 0.614. The molecule has 10 heavy (non-hydrogen) atoms. The molecule has 0 aromatic rings. The summed E-state index contributed by atoms with van der Waals surface area (Å²) in [4.78, 5) is 2.15. The number of rotatable bonds is 1. The Kier molecular flexibility index (Phi) is 2.47. The third-order valence-corrected chi connectivity index (χ3v) is 4.68. The standard InChI is InChI=1S/C7H13NS2/c1-6(2)10-5-4-8(3)7(10)9/h5-6H,4H2,1-3H3. The molecule has 58 valence electrons. The SMILES string of the molecule is CC(C)S1=CCN(C)C1=S. The van der Waals surface area contributed by atoms with Gasteiger partial charge in [-0.05, 0) is 5.37 Å². The summed E-state index contributed by atoms with van der Waals surface area (Å²) in [5.41, 5.74) is 0. The zero-order valence-electron chi connectivity index (χ0n) is 6.63. The third kappa shape index (κ3) is 1.40. The van der Waals surface area contributed by atoms with Crippen LogP contribution in [-0.2, 0) is 0 Å². The van der Waals surface area contributed by atoms with Crippen LogP contribution in [-0.4, -0.2) is 33.4 Å². The monoisotopic (exact) mass is 175 g/mol. The van der Waals surface area contributed by atoms with Crippen molar-refractivity contribution in [3.05, 3.63) is 0 Å². The molecule has 1 atom stereocenters. The van der Waals surface area contributed by atoms with E-state index in [9.17, 15) is 0 Å². The molecule has 0 radical (unpaired) electrons. The van der Waals surface area contributed by atoms with E-state index in [1.54, 1.807) is 0 Å². The average Bonchev–Trinajstić information content (AvgIpc) is 2.14. The van der Waals surface area contributed by atoms with Crippen LogP contribution in [0.5, 0.6) is 0 Å². The van der Waals surface area contributed by atoms with E-state index in [0.717, 1.165) is 10.9 Å². The van der Waals surface area contributed by atoms with Crippen LogP contribution in [0.1, 0.15) is 13.8 Å².